The molecule has 0 unspecified atom stereocenters. The minimum atomic E-state index is -0.505. The fourth-order valence-corrected chi connectivity index (χ4v) is 2.10. The molecule has 3 aromatic carbocycles. The van der Waals surface area contributed by atoms with Crippen LogP contribution in [0.2, 0.25) is 0 Å². The number of rotatable bonds is 4. The molecule has 0 aliphatic heterocycles. The number of nitrogen functional groups attached to an aromatic ring is 1. The van der Waals surface area contributed by atoms with Crippen LogP contribution in [0.4, 0.5) is 28.4 Å². The van der Waals surface area contributed by atoms with E-state index in [1.165, 1.54) is 18.2 Å². The van der Waals surface area contributed by atoms with Crippen LogP contribution in [0.25, 0.3) is 0 Å². The Bertz CT molecular complexity index is 956. The van der Waals surface area contributed by atoms with E-state index in [0.29, 0.717) is 15.2 Å². The van der Waals surface area contributed by atoms with Crippen LogP contribution in [0.3, 0.4) is 0 Å². The molecule has 0 radical (unpaired) electrons. The van der Waals surface area contributed by atoms with Gasteiger partial charge in [0.1, 0.15) is 11.4 Å². The van der Waals surface area contributed by atoms with Gasteiger partial charge < -0.3 is 16.4 Å². The number of nitrogens with one attached hydrogen (secondary N) is 2. The van der Waals surface area contributed by atoms with Gasteiger partial charge in [-0.15, -0.1) is 0 Å². The predicted octanol–water partition coefficient (Wildman–Crippen LogP) is 9.39. The Morgan fingerprint density at radius 1 is 0.658 bits per heavy atom. The van der Waals surface area contributed by atoms with Gasteiger partial charge in [-0.1, -0.05) is 84.0 Å². The number of hydrogen-bond donors (Lipinski definition) is 3. The van der Waals surface area contributed by atoms with Crippen molar-refractivity contribution in [2.75, 3.05) is 30.5 Å². The van der Waals surface area contributed by atoms with E-state index < -0.39 is 9.85 Å². The van der Waals surface area contributed by atoms with Gasteiger partial charge in [0.2, 0.25) is 0 Å². The molecular weight excluding hydrogens is 751 g/mol. The van der Waals surface area contributed by atoms with Crippen molar-refractivity contribution in [3.05, 3.63) is 99.1 Å². The molecule has 0 aliphatic carbocycles. The molecule has 0 aromatic heterocycles. The summed E-state index contributed by atoms with van der Waals surface area (Å²) in [7, 11) is 4.19. The number of halogens is 2. The van der Waals surface area contributed by atoms with E-state index in [0.717, 1.165) is 5.69 Å². The van der Waals surface area contributed by atoms with Gasteiger partial charge in [-0.05, 0) is 24.3 Å². The molecule has 12 heteroatoms. The van der Waals surface area contributed by atoms with Crippen LogP contribution in [-0.2, 0) is 9.47 Å². The van der Waals surface area contributed by atoms with E-state index >= 15 is 0 Å². The summed E-state index contributed by atoms with van der Waals surface area (Å²) in [6, 6.07) is 22.7. The fourth-order valence-electron chi connectivity index (χ4n) is 2.10. The monoisotopic (exact) mass is 792 g/mol. The van der Waals surface area contributed by atoms with E-state index in [1.54, 1.807) is 37.4 Å². The molecule has 3 aromatic rings. The van der Waals surface area contributed by atoms with E-state index in [1.807, 2.05) is 78.9 Å². The molecule has 0 saturated carbocycles. The molecule has 0 saturated heterocycles. The van der Waals surface area contributed by atoms with Gasteiger partial charge in [-0.25, -0.2) is 0 Å². The number of para-hydroxylation sites is 5. The van der Waals surface area contributed by atoms with E-state index in [9.17, 15) is 20.2 Å². The van der Waals surface area contributed by atoms with E-state index in [-0.39, 0.29) is 17.1 Å². The van der Waals surface area contributed by atoms with Gasteiger partial charge in [0, 0.05) is 31.9 Å². The summed E-state index contributed by atoms with van der Waals surface area (Å²) in [6.45, 7) is 12.0. The number of nitrogens with two attached hydrogens (primary N) is 1. The molecule has 0 aliphatic rings. The van der Waals surface area contributed by atoms with Crippen LogP contribution >= 0.6 is 40.0 Å². The number of anilines is 3. The summed E-state index contributed by atoms with van der Waals surface area (Å²) in [5.74, 6) is 0. The number of hydrogen-bond acceptors (Lipinski definition) is 7. The van der Waals surface area contributed by atoms with Crippen molar-refractivity contribution in [2.45, 2.75) is 41.5 Å². The van der Waals surface area contributed by atoms with Gasteiger partial charge in [0.15, 0.2) is 0 Å². The maximum absolute atomic E-state index is 10.3. The molecular formula is C26H41I2N5O4V. The molecule has 0 bridgehead atoms. The Kier molecular flexibility index (Phi) is 37.2. The van der Waals surface area contributed by atoms with Crippen molar-refractivity contribution < 1.29 is 19.3 Å². The van der Waals surface area contributed by atoms with Gasteiger partial charge >= 0.3 is 49.4 Å². The van der Waals surface area contributed by atoms with Gasteiger partial charge in [0.05, 0.1) is 9.85 Å². The molecule has 213 valence electrons. The molecule has 0 amide bonds. The molecule has 3 rings (SSSR count). The normalized spacial score (nSPS) is 7.74. The maximum atomic E-state index is 10.3. The minimum absolute atomic E-state index is 0.0394. The van der Waals surface area contributed by atoms with Gasteiger partial charge in [0.25, 0.3) is 11.4 Å². The van der Waals surface area contributed by atoms with Crippen LogP contribution < -0.4 is 16.4 Å². The van der Waals surface area contributed by atoms with Crippen molar-refractivity contribution >= 4 is 68.4 Å². The second kappa shape index (κ2) is 32.9. The van der Waals surface area contributed by atoms with Crippen LogP contribution in [0, 0.1) is 20.2 Å². The first-order chi connectivity index (χ1) is 18.3. The summed E-state index contributed by atoms with van der Waals surface area (Å²) in [5, 5.41) is 26.3. The molecule has 0 atom stereocenters. The van der Waals surface area contributed by atoms with E-state index in [4.69, 9.17) is 5.73 Å². The number of nitro benzene ring substituents is 2. The first-order valence-corrected chi connectivity index (χ1v) is 20.9. The van der Waals surface area contributed by atoms with E-state index in [2.05, 4.69) is 50.6 Å². The number of benzene rings is 3. The van der Waals surface area contributed by atoms with Crippen LogP contribution in [0.1, 0.15) is 41.5 Å². The molecule has 38 heavy (non-hydrogen) atoms. The van der Waals surface area contributed by atoms with Crippen molar-refractivity contribution in [3.63, 3.8) is 0 Å². The zero-order valence-electron chi connectivity index (χ0n) is 23.3. The second-order valence-electron chi connectivity index (χ2n) is 5.52. The quantitative estimate of drug-likeness (QED) is 0.104. The second-order valence-corrected chi connectivity index (χ2v) is 17.3. The third-order valence-corrected chi connectivity index (χ3v) is 3.57. The Labute approximate surface area is 256 Å². The van der Waals surface area contributed by atoms with Crippen molar-refractivity contribution in [2.24, 2.45) is 0 Å². The first kappa shape index (κ1) is 43.0. The average molecular weight is 792 g/mol. The average Bonchev–Trinajstić information content (AvgIpc) is 2.98. The Balaban J connectivity index is -0.000000199. The third kappa shape index (κ3) is 23.1. The summed E-state index contributed by atoms with van der Waals surface area (Å²) in [4.78, 5) is 19.6. The molecule has 0 heterocycles. The third-order valence-electron chi connectivity index (χ3n) is 3.57. The Morgan fingerprint density at radius 3 is 1.32 bits per heavy atom. The van der Waals surface area contributed by atoms with Crippen molar-refractivity contribution in [1.29, 1.82) is 0 Å². The number of nitrogens with zero attached hydrogens (tertiary/aromatic N) is 2. The SMILES string of the molecule is CC.CC.CC.CNc1ccccc1.CNc1ccccc1[N+](=O)[O-].Nc1ccccc1[N+](=O)[O-].[I][V][I]. The molecule has 9 nitrogen and oxygen atoms in total. The van der Waals surface area contributed by atoms with Crippen molar-refractivity contribution in [1.82, 2.24) is 0 Å². The first-order valence-electron chi connectivity index (χ1n) is 11.9. The Hall–Kier alpha value is -2.10. The standard InChI is InChI=1S/C7H8N2O2.C7H9N.C6H6N2O2.3C2H6.2HI.V/c1-8-6-4-2-3-5-7(6)9(10)11;1-8-7-5-3-2-4-6-7;7-5-3-1-2-4-6(5)8(9)10;3*1-2;;;/h2-5,8H,1H3;2-6,8H,1H3;1-4H,7H2;3*1-2H3;2*1H;/q;;;;;;;;+2/p-2. The Morgan fingerprint density at radius 2 is 1.03 bits per heavy atom. The van der Waals surface area contributed by atoms with Crippen molar-refractivity contribution in [3.8, 4) is 0 Å². The zero-order valence-corrected chi connectivity index (χ0v) is 29.0. The van der Waals surface area contributed by atoms with Crippen LogP contribution in [0.5, 0.6) is 0 Å². The summed E-state index contributed by atoms with van der Waals surface area (Å²) in [5.41, 5.74) is 7.25. The predicted molar refractivity (Wildman–Crippen MR) is 178 cm³/mol. The summed E-state index contributed by atoms with van der Waals surface area (Å²) in [6.07, 6.45) is 0. The fraction of sp³-hybridized carbons (Fsp3) is 0.308. The van der Waals surface area contributed by atoms with Crippen LogP contribution in [0.15, 0.2) is 78.9 Å². The van der Waals surface area contributed by atoms with Gasteiger partial charge in [-0.2, -0.15) is 0 Å². The summed E-state index contributed by atoms with van der Waals surface area (Å²) >= 11 is 4.74. The summed E-state index contributed by atoms with van der Waals surface area (Å²) < 4.78 is 0. The zero-order chi connectivity index (χ0) is 30.4. The van der Waals surface area contributed by atoms with Crippen LogP contribution in [-0.4, -0.2) is 23.9 Å². The molecule has 4 N–H and O–H groups in total. The van der Waals surface area contributed by atoms with Gasteiger partial charge in [-0.3, -0.25) is 20.2 Å². The number of nitro groups is 2. The topological polar surface area (TPSA) is 136 Å². The molecule has 0 spiro atoms. The molecule has 0 fully saturated rings.